The van der Waals surface area contributed by atoms with Crippen LogP contribution in [-0.4, -0.2) is 32.3 Å². The first-order valence-corrected chi connectivity index (χ1v) is 9.45. The van der Waals surface area contributed by atoms with E-state index in [2.05, 4.69) is 13.8 Å². The number of sulfonamides is 1. The number of hydrogen-bond donors (Lipinski definition) is 1. The van der Waals surface area contributed by atoms with Gasteiger partial charge < -0.3 is 4.90 Å². The number of aryl methyl sites for hydroxylation is 1. The van der Waals surface area contributed by atoms with Gasteiger partial charge in [0.1, 0.15) is 0 Å². The number of carbonyl (C=O) groups excluding carboxylic acids is 1. The van der Waals surface area contributed by atoms with Crippen LogP contribution in [0.15, 0.2) is 11.0 Å². The normalized spacial score (nSPS) is 18.8. The molecule has 0 aliphatic carbocycles. The summed E-state index contributed by atoms with van der Waals surface area (Å²) < 4.78 is 22.9. The Morgan fingerprint density at radius 3 is 2.43 bits per heavy atom. The van der Waals surface area contributed by atoms with Crippen LogP contribution in [0.2, 0.25) is 0 Å². The fourth-order valence-corrected chi connectivity index (χ4v) is 4.73. The number of likely N-dealkylation sites (tertiary alicyclic amines) is 1. The largest absolute Gasteiger partial charge is 0.338 e. The number of hydrogen-bond acceptors (Lipinski definition) is 4. The van der Waals surface area contributed by atoms with Crippen molar-refractivity contribution in [2.75, 3.05) is 13.1 Å². The number of primary sulfonamides is 1. The number of carbonyl (C=O) groups is 1. The van der Waals surface area contributed by atoms with Crippen molar-refractivity contribution in [3.63, 3.8) is 0 Å². The Bertz CT molecular complexity index is 641. The van der Waals surface area contributed by atoms with E-state index in [4.69, 9.17) is 5.14 Å². The summed E-state index contributed by atoms with van der Waals surface area (Å²) in [5, 5.41) is 5.16. The van der Waals surface area contributed by atoms with E-state index >= 15 is 0 Å². The Hall–Kier alpha value is -0.920. The molecule has 0 spiro atoms. The molecule has 1 aromatic rings. The molecule has 1 saturated heterocycles. The van der Waals surface area contributed by atoms with Crippen molar-refractivity contribution in [1.29, 1.82) is 0 Å². The second kappa shape index (κ2) is 5.70. The molecule has 1 amide bonds. The standard InChI is InChI=1S/C14H22N2O3S2/c1-4-14(3)5-7-16(8-6-14)13(17)11-9-12(10(2)20-11)21(15,18)19/h9H,4-8H2,1-3H3,(H2,15,18,19). The summed E-state index contributed by atoms with van der Waals surface area (Å²) in [5.41, 5.74) is 0.313. The molecular weight excluding hydrogens is 308 g/mol. The van der Waals surface area contributed by atoms with Gasteiger partial charge in [0.05, 0.1) is 9.77 Å². The molecule has 2 N–H and O–H groups in total. The third kappa shape index (κ3) is 3.46. The molecule has 2 heterocycles. The summed E-state index contributed by atoms with van der Waals surface area (Å²) in [6, 6.07) is 1.41. The molecule has 0 unspecified atom stereocenters. The van der Waals surface area contributed by atoms with Gasteiger partial charge in [0.25, 0.3) is 5.91 Å². The highest BCUT2D eigenvalue weighted by Crippen LogP contribution is 2.35. The van der Waals surface area contributed by atoms with Crippen LogP contribution in [0.4, 0.5) is 0 Å². The molecule has 21 heavy (non-hydrogen) atoms. The molecule has 1 aromatic heterocycles. The molecule has 1 fully saturated rings. The van der Waals surface area contributed by atoms with E-state index in [9.17, 15) is 13.2 Å². The van der Waals surface area contributed by atoms with E-state index in [1.165, 1.54) is 17.4 Å². The molecule has 0 bridgehead atoms. The average Bonchev–Trinajstić information content (AvgIpc) is 2.81. The Balaban J connectivity index is 2.16. The van der Waals surface area contributed by atoms with Crippen LogP contribution >= 0.6 is 11.3 Å². The van der Waals surface area contributed by atoms with Gasteiger partial charge in [0, 0.05) is 18.0 Å². The van der Waals surface area contributed by atoms with E-state index in [0.29, 0.717) is 15.2 Å². The van der Waals surface area contributed by atoms with Crippen molar-refractivity contribution >= 4 is 27.3 Å². The Morgan fingerprint density at radius 2 is 2.00 bits per heavy atom. The first kappa shape index (κ1) is 16.5. The zero-order chi connectivity index (χ0) is 15.8. The van der Waals surface area contributed by atoms with E-state index in [1.54, 1.807) is 6.92 Å². The maximum Gasteiger partial charge on any atom is 0.263 e. The van der Waals surface area contributed by atoms with Crippen LogP contribution in [0.1, 0.15) is 47.7 Å². The maximum atomic E-state index is 12.5. The zero-order valence-electron chi connectivity index (χ0n) is 12.7. The van der Waals surface area contributed by atoms with Gasteiger partial charge in [-0.1, -0.05) is 20.3 Å². The smallest absolute Gasteiger partial charge is 0.263 e. The SMILES string of the molecule is CCC1(C)CCN(C(=O)c2cc(S(N)(=O)=O)c(C)s2)CC1. The highest BCUT2D eigenvalue weighted by molar-refractivity contribution is 7.89. The molecule has 1 aliphatic heterocycles. The summed E-state index contributed by atoms with van der Waals surface area (Å²) >= 11 is 1.20. The number of nitrogens with zero attached hydrogens (tertiary/aromatic N) is 1. The maximum absolute atomic E-state index is 12.5. The fraction of sp³-hybridized carbons (Fsp3) is 0.643. The van der Waals surface area contributed by atoms with E-state index < -0.39 is 10.0 Å². The van der Waals surface area contributed by atoms with Crippen molar-refractivity contribution in [1.82, 2.24) is 4.90 Å². The van der Waals surface area contributed by atoms with E-state index in [1.807, 2.05) is 4.90 Å². The van der Waals surface area contributed by atoms with Gasteiger partial charge >= 0.3 is 0 Å². The summed E-state index contributed by atoms with van der Waals surface area (Å²) in [7, 11) is -3.76. The third-order valence-corrected chi connectivity index (χ3v) is 6.71. The second-order valence-electron chi connectivity index (χ2n) is 6.03. The Morgan fingerprint density at radius 1 is 1.43 bits per heavy atom. The van der Waals surface area contributed by atoms with Crippen molar-refractivity contribution in [3.05, 3.63) is 15.8 Å². The molecular formula is C14H22N2O3S2. The molecule has 2 rings (SSSR count). The molecule has 7 heteroatoms. The van der Waals surface area contributed by atoms with Crippen molar-refractivity contribution in [2.45, 2.75) is 44.9 Å². The minimum Gasteiger partial charge on any atom is -0.338 e. The lowest BCUT2D eigenvalue weighted by molar-refractivity contribution is 0.0605. The summed E-state index contributed by atoms with van der Waals surface area (Å²) in [5.74, 6) is -0.0869. The van der Waals surface area contributed by atoms with Gasteiger partial charge in [-0.05, 0) is 31.2 Å². The first-order valence-electron chi connectivity index (χ1n) is 7.09. The van der Waals surface area contributed by atoms with Crippen molar-refractivity contribution in [3.8, 4) is 0 Å². The second-order valence-corrected chi connectivity index (χ2v) is 8.82. The topological polar surface area (TPSA) is 80.5 Å². The van der Waals surface area contributed by atoms with Gasteiger partial charge in [-0.2, -0.15) is 0 Å². The lowest BCUT2D eigenvalue weighted by Gasteiger charge is -2.38. The number of amides is 1. The molecule has 0 atom stereocenters. The Kier molecular flexibility index (Phi) is 4.46. The highest BCUT2D eigenvalue weighted by Gasteiger charge is 2.31. The summed E-state index contributed by atoms with van der Waals surface area (Å²) in [4.78, 5) is 15.4. The molecule has 5 nitrogen and oxygen atoms in total. The van der Waals surface area contributed by atoms with Gasteiger partial charge in [-0.25, -0.2) is 13.6 Å². The van der Waals surface area contributed by atoms with Crippen LogP contribution in [0, 0.1) is 12.3 Å². The van der Waals surface area contributed by atoms with Crippen LogP contribution in [0.25, 0.3) is 0 Å². The quantitative estimate of drug-likeness (QED) is 0.924. The predicted molar refractivity (Wildman–Crippen MR) is 84.0 cm³/mol. The van der Waals surface area contributed by atoms with Crippen LogP contribution in [-0.2, 0) is 10.0 Å². The third-order valence-electron chi connectivity index (χ3n) is 4.50. The van der Waals surface area contributed by atoms with Crippen molar-refractivity contribution in [2.24, 2.45) is 10.6 Å². The molecule has 0 aromatic carbocycles. The molecule has 118 valence electrons. The zero-order valence-corrected chi connectivity index (χ0v) is 14.3. The lowest BCUT2D eigenvalue weighted by atomic mass is 9.78. The van der Waals surface area contributed by atoms with Gasteiger partial charge in [-0.3, -0.25) is 4.79 Å². The molecule has 0 saturated carbocycles. The van der Waals surface area contributed by atoms with E-state index in [0.717, 1.165) is 32.4 Å². The molecule has 1 aliphatic rings. The monoisotopic (exact) mass is 330 g/mol. The minimum absolute atomic E-state index is 0.0613. The highest BCUT2D eigenvalue weighted by atomic mass is 32.2. The molecule has 0 radical (unpaired) electrons. The summed E-state index contributed by atoms with van der Waals surface area (Å²) in [6.45, 7) is 7.56. The van der Waals surface area contributed by atoms with Gasteiger partial charge in [0.15, 0.2) is 0 Å². The first-order chi connectivity index (χ1) is 9.66. The van der Waals surface area contributed by atoms with Gasteiger partial charge in [0.2, 0.25) is 10.0 Å². The number of nitrogens with two attached hydrogens (primary N) is 1. The van der Waals surface area contributed by atoms with Gasteiger partial charge in [-0.15, -0.1) is 11.3 Å². The number of thiophene rings is 1. The number of rotatable bonds is 3. The lowest BCUT2D eigenvalue weighted by Crippen LogP contribution is -2.41. The van der Waals surface area contributed by atoms with Crippen LogP contribution in [0.5, 0.6) is 0 Å². The van der Waals surface area contributed by atoms with E-state index in [-0.39, 0.29) is 10.8 Å². The average molecular weight is 330 g/mol. The van der Waals surface area contributed by atoms with Crippen LogP contribution < -0.4 is 5.14 Å². The Labute approximate surface area is 130 Å². The summed E-state index contributed by atoms with van der Waals surface area (Å²) in [6.07, 6.45) is 3.09. The predicted octanol–water partition coefficient (Wildman–Crippen LogP) is 2.36. The van der Waals surface area contributed by atoms with Crippen molar-refractivity contribution < 1.29 is 13.2 Å². The number of piperidine rings is 1. The fourth-order valence-electron chi connectivity index (χ4n) is 2.61. The van der Waals surface area contributed by atoms with Crippen LogP contribution in [0.3, 0.4) is 0 Å². The minimum atomic E-state index is -3.76.